The summed E-state index contributed by atoms with van der Waals surface area (Å²) in [5, 5.41) is 10.6. The van der Waals surface area contributed by atoms with E-state index in [1.165, 1.54) is 5.56 Å². The van der Waals surface area contributed by atoms with Crippen LogP contribution in [0.1, 0.15) is 18.4 Å². The zero-order valence-electron chi connectivity index (χ0n) is 13.6. The fraction of sp³-hybridized carbons (Fsp3) is 0.611. The van der Waals surface area contributed by atoms with Gasteiger partial charge in [0.25, 0.3) is 5.91 Å². The van der Waals surface area contributed by atoms with E-state index in [0.717, 1.165) is 50.7 Å². The van der Waals surface area contributed by atoms with Gasteiger partial charge in [0.2, 0.25) is 0 Å². The van der Waals surface area contributed by atoms with Gasteiger partial charge >= 0.3 is 0 Å². The number of carbonyl (C=O) groups is 1. The zero-order chi connectivity index (χ0) is 16.1. The van der Waals surface area contributed by atoms with Crippen LogP contribution in [0.25, 0.3) is 0 Å². The van der Waals surface area contributed by atoms with Gasteiger partial charge in [0, 0.05) is 32.7 Å². The van der Waals surface area contributed by atoms with E-state index in [1.807, 2.05) is 22.7 Å². The van der Waals surface area contributed by atoms with Crippen LogP contribution in [0.15, 0.2) is 30.3 Å². The Morgan fingerprint density at radius 2 is 1.74 bits per heavy atom. The maximum Gasteiger partial charge on any atom is 0.254 e. The highest BCUT2D eigenvalue weighted by Crippen LogP contribution is 2.29. The van der Waals surface area contributed by atoms with Crippen molar-refractivity contribution in [1.82, 2.24) is 9.80 Å². The third kappa shape index (κ3) is 4.28. The van der Waals surface area contributed by atoms with Crippen LogP contribution in [0.3, 0.4) is 0 Å². The number of hydrogen-bond acceptors (Lipinski definition) is 4. The molecular formula is C18H26N2O2S. The number of amides is 1. The normalized spacial score (nSPS) is 22.0. The standard InChI is InChI=1S/C18H26N2O2S/c21-17(18(22)7-14-23-15-8-18)20-12-10-19(11-13-20)9-6-16-4-2-1-3-5-16/h1-5,22H,6-15H2. The Bertz CT molecular complexity index is 509. The summed E-state index contributed by atoms with van der Waals surface area (Å²) < 4.78 is 0. The molecule has 1 N–H and O–H groups in total. The van der Waals surface area contributed by atoms with Gasteiger partial charge in [-0.25, -0.2) is 0 Å². The second kappa shape index (κ2) is 7.69. The largest absolute Gasteiger partial charge is 0.380 e. The highest BCUT2D eigenvalue weighted by Gasteiger charge is 2.40. The fourth-order valence-corrected chi connectivity index (χ4v) is 4.49. The van der Waals surface area contributed by atoms with E-state index in [9.17, 15) is 9.90 Å². The molecule has 4 nitrogen and oxygen atoms in total. The predicted octanol–water partition coefficient (Wildman–Crippen LogP) is 1.63. The Kier molecular flexibility index (Phi) is 5.62. The summed E-state index contributed by atoms with van der Waals surface area (Å²) in [6, 6.07) is 10.5. The van der Waals surface area contributed by atoms with Crippen LogP contribution in [0.5, 0.6) is 0 Å². The number of rotatable bonds is 4. The minimum absolute atomic E-state index is 0.0412. The molecular weight excluding hydrogens is 308 g/mol. The second-order valence-electron chi connectivity index (χ2n) is 6.51. The summed E-state index contributed by atoms with van der Waals surface area (Å²) in [6.07, 6.45) is 2.26. The van der Waals surface area contributed by atoms with Crippen LogP contribution in [0.4, 0.5) is 0 Å². The lowest BCUT2D eigenvalue weighted by molar-refractivity contribution is -0.153. The van der Waals surface area contributed by atoms with Crippen LogP contribution in [0, 0.1) is 0 Å². The number of carbonyl (C=O) groups excluding carboxylic acids is 1. The van der Waals surface area contributed by atoms with Crippen molar-refractivity contribution in [2.45, 2.75) is 24.9 Å². The number of benzene rings is 1. The van der Waals surface area contributed by atoms with Crippen molar-refractivity contribution >= 4 is 17.7 Å². The van der Waals surface area contributed by atoms with E-state index in [-0.39, 0.29) is 5.91 Å². The minimum atomic E-state index is -1.10. The van der Waals surface area contributed by atoms with Gasteiger partial charge < -0.3 is 10.0 Å². The molecule has 126 valence electrons. The molecule has 0 aromatic heterocycles. The van der Waals surface area contributed by atoms with Gasteiger partial charge in [-0.05, 0) is 36.3 Å². The number of thioether (sulfide) groups is 1. The SMILES string of the molecule is O=C(N1CCN(CCc2ccccc2)CC1)C1(O)CCSCC1. The van der Waals surface area contributed by atoms with Crippen molar-refractivity contribution in [3.63, 3.8) is 0 Å². The third-order valence-corrected chi connectivity index (χ3v) is 5.92. The molecule has 0 unspecified atom stereocenters. The zero-order valence-corrected chi connectivity index (χ0v) is 14.4. The summed E-state index contributed by atoms with van der Waals surface area (Å²) in [6.45, 7) is 4.33. The molecule has 1 aromatic rings. The summed E-state index contributed by atoms with van der Waals surface area (Å²) in [5.41, 5.74) is 0.261. The number of nitrogens with zero attached hydrogens (tertiary/aromatic N) is 2. The van der Waals surface area contributed by atoms with Crippen molar-refractivity contribution in [1.29, 1.82) is 0 Å². The average Bonchev–Trinajstić information content (AvgIpc) is 2.61. The van der Waals surface area contributed by atoms with Gasteiger partial charge in [-0.2, -0.15) is 11.8 Å². The first-order valence-corrected chi connectivity index (χ1v) is 9.69. The van der Waals surface area contributed by atoms with Gasteiger partial charge in [-0.3, -0.25) is 9.69 Å². The predicted molar refractivity (Wildman–Crippen MR) is 94.7 cm³/mol. The first kappa shape index (κ1) is 16.8. The van der Waals surface area contributed by atoms with Crippen LogP contribution >= 0.6 is 11.8 Å². The topological polar surface area (TPSA) is 43.8 Å². The summed E-state index contributed by atoms with van der Waals surface area (Å²) >= 11 is 1.83. The molecule has 0 saturated carbocycles. The van der Waals surface area contributed by atoms with E-state index in [0.29, 0.717) is 12.8 Å². The monoisotopic (exact) mass is 334 g/mol. The fourth-order valence-electron chi connectivity index (χ4n) is 3.32. The second-order valence-corrected chi connectivity index (χ2v) is 7.74. The van der Waals surface area contributed by atoms with Crippen molar-refractivity contribution < 1.29 is 9.90 Å². The van der Waals surface area contributed by atoms with Gasteiger partial charge in [-0.15, -0.1) is 0 Å². The Morgan fingerprint density at radius 3 is 2.39 bits per heavy atom. The van der Waals surface area contributed by atoms with Gasteiger partial charge in [0.15, 0.2) is 0 Å². The Morgan fingerprint density at radius 1 is 1.09 bits per heavy atom. The Hall–Kier alpha value is -1.04. The first-order valence-electron chi connectivity index (χ1n) is 8.53. The summed E-state index contributed by atoms with van der Waals surface area (Å²) in [5.74, 6) is 1.74. The number of aliphatic hydroxyl groups is 1. The molecule has 0 radical (unpaired) electrons. The molecule has 2 aliphatic heterocycles. The molecule has 2 aliphatic rings. The van der Waals surface area contributed by atoms with Crippen molar-refractivity contribution in [2.75, 3.05) is 44.2 Å². The van der Waals surface area contributed by atoms with Crippen LogP contribution in [-0.4, -0.2) is 70.6 Å². The number of hydrogen-bond donors (Lipinski definition) is 1. The van der Waals surface area contributed by atoms with E-state index in [1.54, 1.807) is 0 Å². The Labute approximate surface area is 142 Å². The Balaban J connectivity index is 1.45. The van der Waals surface area contributed by atoms with Crippen molar-refractivity contribution in [3.8, 4) is 0 Å². The maximum atomic E-state index is 12.6. The van der Waals surface area contributed by atoms with Gasteiger partial charge in [-0.1, -0.05) is 30.3 Å². The van der Waals surface area contributed by atoms with E-state index < -0.39 is 5.60 Å². The summed E-state index contributed by atoms with van der Waals surface area (Å²) in [7, 11) is 0. The molecule has 3 rings (SSSR count). The molecule has 2 saturated heterocycles. The summed E-state index contributed by atoms with van der Waals surface area (Å²) in [4.78, 5) is 16.9. The van der Waals surface area contributed by atoms with E-state index in [2.05, 4.69) is 29.2 Å². The van der Waals surface area contributed by atoms with Crippen LogP contribution in [-0.2, 0) is 11.2 Å². The van der Waals surface area contributed by atoms with E-state index in [4.69, 9.17) is 0 Å². The van der Waals surface area contributed by atoms with Gasteiger partial charge in [0.05, 0.1) is 0 Å². The minimum Gasteiger partial charge on any atom is -0.380 e. The van der Waals surface area contributed by atoms with Crippen LogP contribution < -0.4 is 0 Å². The molecule has 0 bridgehead atoms. The van der Waals surface area contributed by atoms with Gasteiger partial charge in [0.1, 0.15) is 5.60 Å². The van der Waals surface area contributed by atoms with Crippen LogP contribution in [0.2, 0.25) is 0 Å². The molecule has 0 spiro atoms. The lowest BCUT2D eigenvalue weighted by atomic mass is 9.94. The first-order chi connectivity index (χ1) is 11.2. The molecule has 1 aromatic carbocycles. The van der Waals surface area contributed by atoms with Crippen molar-refractivity contribution in [3.05, 3.63) is 35.9 Å². The lowest BCUT2D eigenvalue weighted by Gasteiger charge is -2.40. The highest BCUT2D eigenvalue weighted by atomic mass is 32.2. The van der Waals surface area contributed by atoms with Crippen molar-refractivity contribution in [2.24, 2.45) is 0 Å². The quantitative estimate of drug-likeness (QED) is 0.909. The average molecular weight is 334 g/mol. The number of piperazine rings is 1. The van der Waals surface area contributed by atoms with E-state index >= 15 is 0 Å². The molecule has 0 aliphatic carbocycles. The molecule has 23 heavy (non-hydrogen) atoms. The molecule has 1 amide bonds. The smallest absolute Gasteiger partial charge is 0.254 e. The maximum absolute atomic E-state index is 12.6. The molecule has 5 heteroatoms. The third-order valence-electron chi connectivity index (χ3n) is 4.94. The molecule has 2 fully saturated rings. The lowest BCUT2D eigenvalue weighted by Crippen LogP contribution is -2.56. The molecule has 2 heterocycles. The molecule has 0 atom stereocenters. The highest BCUT2D eigenvalue weighted by molar-refractivity contribution is 7.99.